The summed E-state index contributed by atoms with van der Waals surface area (Å²) in [5.74, 6) is 0.585. The monoisotopic (exact) mass is 354 g/mol. The van der Waals surface area contributed by atoms with E-state index in [1.165, 1.54) is 29.1 Å². The molecule has 2 aromatic rings. The Balaban J connectivity index is 1.65. The van der Waals surface area contributed by atoms with Crippen LogP contribution in [0.2, 0.25) is 0 Å². The molecule has 3 rings (SSSR count). The average molecular weight is 354 g/mol. The van der Waals surface area contributed by atoms with Crippen molar-refractivity contribution >= 4 is 22.4 Å². The maximum atomic E-state index is 12.4. The first-order valence-corrected chi connectivity index (χ1v) is 9.37. The van der Waals surface area contributed by atoms with Crippen LogP contribution in [0.3, 0.4) is 0 Å². The molecular weight excluding hydrogens is 332 g/mol. The number of nitrogens with zero attached hydrogens (tertiary/aromatic N) is 3. The Bertz CT molecular complexity index is 800. The van der Waals surface area contributed by atoms with Crippen molar-refractivity contribution in [2.24, 2.45) is 5.92 Å². The summed E-state index contributed by atoms with van der Waals surface area (Å²) < 4.78 is 0. The van der Waals surface area contributed by atoms with Gasteiger partial charge in [0.15, 0.2) is 5.13 Å². The van der Waals surface area contributed by atoms with Crippen LogP contribution in [0.4, 0.5) is 5.13 Å². The summed E-state index contributed by atoms with van der Waals surface area (Å²) in [6.45, 7) is 7.45. The molecule has 1 aromatic heterocycles. The van der Waals surface area contributed by atoms with E-state index in [0.29, 0.717) is 16.3 Å². The maximum absolute atomic E-state index is 12.4. The molecule has 2 heterocycles. The summed E-state index contributed by atoms with van der Waals surface area (Å²) in [6.07, 6.45) is 2.49. The van der Waals surface area contributed by atoms with Gasteiger partial charge in [-0.15, -0.1) is 11.3 Å². The van der Waals surface area contributed by atoms with Gasteiger partial charge < -0.3 is 0 Å². The predicted octanol–water partition coefficient (Wildman–Crippen LogP) is 3.81. The number of likely N-dealkylation sites (tertiary alicyclic amines) is 1. The van der Waals surface area contributed by atoms with Crippen LogP contribution in [0.15, 0.2) is 24.3 Å². The smallest absolute Gasteiger partial charge is 0.257 e. The molecule has 1 aliphatic heterocycles. The van der Waals surface area contributed by atoms with E-state index in [9.17, 15) is 4.79 Å². The lowest BCUT2D eigenvalue weighted by Crippen LogP contribution is -2.32. The second-order valence-electron chi connectivity index (χ2n) is 6.63. The third-order valence-corrected chi connectivity index (χ3v) is 5.67. The minimum atomic E-state index is -0.232. The first kappa shape index (κ1) is 17.6. The fraction of sp³-hybridized carbons (Fsp3) is 0.421. The number of carbonyl (C=O) groups is 1. The number of benzene rings is 1. The summed E-state index contributed by atoms with van der Waals surface area (Å²) >= 11 is 1.54. The summed E-state index contributed by atoms with van der Waals surface area (Å²) in [5, 5.41) is 12.4. The van der Waals surface area contributed by atoms with Gasteiger partial charge in [-0.05, 0) is 57.0 Å². The van der Waals surface area contributed by atoms with E-state index in [4.69, 9.17) is 5.26 Å². The Hall–Kier alpha value is -2.23. The number of anilines is 1. The molecule has 0 unspecified atom stereocenters. The summed E-state index contributed by atoms with van der Waals surface area (Å²) in [6, 6.07) is 8.73. The van der Waals surface area contributed by atoms with Crippen molar-refractivity contribution in [3.63, 3.8) is 0 Å². The molecule has 0 aliphatic carbocycles. The Morgan fingerprint density at radius 1 is 1.44 bits per heavy atom. The Morgan fingerprint density at radius 3 is 2.92 bits per heavy atom. The second-order valence-corrected chi connectivity index (χ2v) is 7.72. The van der Waals surface area contributed by atoms with Crippen molar-refractivity contribution in [3.8, 4) is 6.07 Å². The molecule has 1 amide bonds. The van der Waals surface area contributed by atoms with Crippen molar-refractivity contribution in [2.75, 3.05) is 18.4 Å². The highest BCUT2D eigenvalue weighted by Crippen LogP contribution is 2.26. The van der Waals surface area contributed by atoms with E-state index >= 15 is 0 Å². The third-order valence-electron chi connectivity index (χ3n) is 4.61. The standard InChI is InChI=1S/C19H22N4OS/c1-13-6-8-23(9-7-13)12-17-14(2)21-19(25-17)22-18(24)16-5-3-4-15(10-16)11-20/h3-5,10,13H,6-9,12H2,1-2H3,(H,21,22,24). The molecule has 25 heavy (non-hydrogen) atoms. The SMILES string of the molecule is Cc1nc(NC(=O)c2cccc(C#N)c2)sc1CN1CCC(C)CC1. The summed E-state index contributed by atoms with van der Waals surface area (Å²) in [7, 11) is 0. The molecule has 1 saturated heterocycles. The lowest BCUT2D eigenvalue weighted by Gasteiger charge is -2.29. The highest BCUT2D eigenvalue weighted by molar-refractivity contribution is 7.15. The lowest BCUT2D eigenvalue weighted by atomic mass is 9.99. The van der Waals surface area contributed by atoms with Crippen LogP contribution in [0.5, 0.6) is 0 Å². The van der Waals surface area contributed by atoms with Gasteiger partial charge in [0.05, 0.1) is 17.3 Å². The number of hydrogen-bond donors (Lipinski definition) is 1. The van der Waals surface area contributed by atoms with E-state index in [1.54, 1.807) is 24.3 Å². The molecule has 130 valence electrons. The molecule has 6 heteroatoms. The van der Waals surface area contributed by atoms with Crippen LogP contribution < -0.4 is 5.32 Å². The number of nitrogens with one attached hydrogen (secondary N) is 1. The van der Waals surface area contributed by atoms with Gasteiger partial charge >= 0.3 is 0 Å². The van der Waals surface area contributed by atoms with Gasteiger partial charge in [-0.25, -0.2) is 4.98 Å². The zero-order chi connectivity index (χ0) is 17.8. The molecule has 0 spiro atoms. The number of amides is 1. The van der Waals surface area contributed by atoms with E-state index in [1.807, 2.05) is 13.0 Å². The average Bonchev–Trinajstić information content (AvgIpc) is 2.96. The fourth-order valence-electron chi connectivity index (χ4n) is 2.95. The summed E-state index contributed by atoms with van der Waals surface area (Å²) in [5.41, 5.74) is 1.92. The topological polar surface area (TPSA) is 69.0 Å². The number of carbonyl (C=O) groups excluding carboxylic acids is 1. The third kappa shape index (κ3) is 4.44. The molecule has 1 aliphatic rings. The van der Waals surface area contributed by atoms with Gasteiger partial charge in [-0.1, -0.05) is 13.0 Å². The van der Waals surface area contributed by atoms with Gasteiger partial charge in [-0.3, -0.25) is 15.0 Å². The Kier molecular flexibility index (Phi) is 5.47. The number of aryl methyl sites for hydroxylation is 1. The van der Waals surface area contributed by atoms with E-state index < -0.39 is 0 Å². The van der Waals surface area contributed by atoms with E-state index in [2.05, 4.69) is 22.1 Å². The van der Waals surface area contributed by atoms with Gasteiger partial charge in [0, 0.05) is 17.0 Å². The molecule has 0 bridgehead atoms. The van der Waals surface area contributed by atoms with Gasteiger partial charge in [0.1, 0.15) is 0 Å². The Labute approximate surface area is 152 Å². The zero-order valence-corrected chi connectivity index (χ0v) is 15.4. The van der Waals surface area contributed by atoms with E-state index in [0.717, 1.165) is 31.2 Å². The predicted molar refractivity (Wildman–Crippen MR) is 99.6 cm³/mol. The second kappa shape index (κ2) is 7.77. The number of thiazole rings is 1. The quantitative estimate of drug-likeness (QED) is 0.906. The van der Waals surface area contributed by atoms with Crippen LogP contribution in [0.1, 0.15) is 46.3 Å². The Morgan fingerprint density at radius 2 is 2.20 bits per heavy atom. The van der Waals surface area contributed by atoms with Crippen molar-refractivity contribution in [1.29, 1.82) is 5.26 Å². The number of piperidine rings is 1. The van der Waals surface area contributed by atoms with Crippen LogP contribution in [-0.2, 0) is 6.54 Å². The number of rotatable bonds is 4. The first-order valence-electron chi connectivity index (χ1n) is 8.55. The first-order chi connectivity index (χ1) is 12.0. The number of hydrogen-bond acceptors (Lipinski definition) is 5. The number of aromatic nitrogens is 1. The van der Waals surface area contributed by atoms with Crippen LogP contribution >= 0.6 is 11.3 Å². The van der Waals surface area contributed by atoms with Crippen LogP contribution in [0, 0.1) is 24.2 Å². The van der Waals surface area contributed by atoms with Gasteiger partial charge in [0.25, 0.3) is 5.91 Å². The molecule has 1 fully saturated rings. The van der Waals surface area contributed by atoms with Crippen molar-refractivity contribution in [3.05, 3.63) is 46.0 Å². The maximum Gasteiger partial charge on any atom is 0.257 e. The van der Waals surface area contributed by atoms with Crippen molar-refractivity contribution in [1.82, 2.24) is 9.88 Å². The minimum Gasteiger partial charge on any atom is -0.298 e. The highest BCUT2D eigenvalue weighted by atomic mass is 32.1. The van der Waals surface area contributed by atoms with Crippen LogP contribution in [0.25, 0.3) is 0 Å². The van der Waals surface area contributed by atoms with E-state index in [-0.39, 0.29) is 5.91 Å². The van der Waals surface area contributed by atoms with Gasteiger partial charge in [0.2, 0.25) is 0 Å². The molecule has 1 N–H and O–H groups in total. The molecule has 0 saturated carbocycles. The summed E-state index contributed by atoms with van der Waals surface area (Å²) in [4.78, 5) is 20.5. The zero-order valence-electron chi connectivity index (χ0n) is 14.6. The van der Waals surface area contributed by atoms with Crippen molar-refractivity contribution < 1.29 is 4.79 Å². The molecule has 5 nitrogen and oxygen atoms in total. The fourth-order valence-corrected chi connectivity index (χ4v) is 3.95. The van der Waals surface area contributed by atoms with Crippen LogP contribution in [-0.4, -0.2) is 28.9 Å². The van der Waals surface area contributed by atoms with Gasteiger partial charge in [-0.2, -0.15) is 5.26 Å². The molecule has 1 aromatic carbocycles. The largest absolute Gasteiger partial charge is 0.298 e. The van der Waals surface area contributed by atoms with Crippen molar-refractivity contribution in [2.45, 2.75) is 33.2 Å². The minimum absolute atomic E-state index is 0.232. The normalized spacial score (nSPS) is 15.7. The molecule has 0 atom stereocenters. The highest BCUT2D eigenvalue weighted by Gasteiger charge is 2.19. The molecular formula is C19H22N4OS. The molecule has 0 radical (unpaired) electrons. The number of nitriles is 1. The lowest BCUT2D eigenvalue weighted by molar-refractivity contribution is 0.102.